The molecule has 1 N–H and O–H groups in total. The highest BCUT2D eigenvalue weighted by Crippen LogP contribution is 2.22. The van der Waals surface area contributed by atoms with Gasteiger partial charge in [-0.1, -0.05) is 35.9 Å². The highest BCUT2D eigenvalue weighted by atomic mass is 16.5. The Labute approximate surface area is 114 Å². The van der Waals surface area contributed by atoms with Crippen molar-refractivity contribution in [2.24, 2.45) is 0 Å². The summed E-state index contributed by atoms with van der Waals surface area (Å²) in [7, 11) is 0. The summed E-state index contributed by atoms with van der Waals surface area (Å²) in [6.07, 6.45) is 1.64. The molecule has 2 rings (SSSR count). The molecule has 1 aliphatic rings. The van der Waals surface area contributed by atoms with E-state index in [-0.39, 0.29) is 12.1 Å². The third-order valence-corrected chi connectivity index (χ3v) is 3.20. The number of aryl methyl sites for hydroxylation is 1. The van der Waals surface area contributed by atoms with Gasteiger partial charge in [0.1, 0.15) is 6.10 Å². The Kier molecular flexibility index (Phi) is 4.58. The topological polar surface area (TPSA) is 41.6 Å². The zero-order valence-corrected chi connectivity index (χ0v) is 11.3. The quantitative estimate of drug-likeness (QED) is 0.847. The summed E-state index contributed by atoms with van der Waals surface area (Å²) in [5, 5.41) is 2.80. The largest absolute Gasteiger partial charge is 0.370 e. The lowest BCUT2D eigenvalue weighted by Gasteiger charge is -2.33. The van der Waals surface area contributed by atoms with E-state index in [1.165, 1.54) is 5.56 Å². The molecule has 1 aromatic rings. The molecule has 0 radical (unpaired) electrons. The number of nitrogens with one attached hydrogen (secondary N) is 1. The molecule has 4 nitrogen and oxygen atoms in total. The van der Waals surface area contributed by atoms with Gasteiger partial charge >= 0.3 is 6.03 Å². The molecular weight excluding hydrogens is 240 g/mol. The lowest BCUT2D eigenvalue weighted by Crippen LogP contribution is -2.47. The van der Waals surface area contributed by atoms with Crippen molar-refractivity contribution < 1.29 is 9.53 Å². The summed E-state index contributed by atoms with van der Waals surface area (Å²) in [5.74, 6) is 0. The second-order valence-electron chi connectivity index (χ2n) is 4.69. The average molecular weight is 260 g/mol. The second-order valence-corrected chi connectivity index (χ2v) is 4.69. The summed E-state index contributed by atoms with van der Waals surface area (Å²) in [4.78, 5) is 13.7. The van der Waals surface area contributed by atoms with Crippen LogP contribution in [0.4, 0.5) is 4.79 Å². The summed E-state index contributed by atoms with van der Waals surface area (Å²) in [6, 6.07) is 8.20. The Hall–Kier alpha value is -1.81. The van der Waals surface area contributed by atoms with Crippen LogP contribution < -0.4 is 5.32 Å². The maximum absolute atomic E-state index is 11.9. The molecule has 0 aromatic heterocycles. The van der Waals surface area contributed by atoms with Crippen LogP contribution in [0.15, 0.2) is 36.9 Å². The molecule has 19 heavy (non-hydrogen) atoms. The highest BCUT2D eigenvalue weighted by Gasteiger charge is 2.24. The predicted molar refractivity (Wildman–Crippen MR) is 75.0 cm³/mol. The van der Waals surface area contributed by atoms with Crippen molar-refractivity contribution in [3.8, 4) is 0 Å². The molecular formula is C15H20N2O2. The van der Waals surface area contributed by atoms with Crippen molar-refractivity contribution in [1.82, 2.24) is 10.2 Å². The van der Waals surface area contributed by atoms with Gasteiger partial charge in [0.15, 0.2) is 0 Å². The predicted octanol–water partition coefficient (Wildman–Crippen LogP) is 2.26. The van der Waals surface area contributed by atoms with Crippen LogP contribution in [0.5, 0.6) is 0 Å². The number of benzene rings is 1. The molecule has 0 bridgehead atoms. The van der Waals surface area contributed by atoms with Crippen LogP contribution in [0.2, 0.25) is 0 Å². The zero-order chi connectivity index (χ0) is 13.7. The Balaban J connectivity index is 1.98. The molecule has 1 unspecified atom stereocenters. The third-order valence-electron chi connectivity index (χ3n) is 3.20. The molecule has 1 saturated heterocycles. The van der Waals surface area contributed by atoms with E-state index in [1.54, 1.807) is 11.0 Å². The maximum atomic E-state index is 11.9. The zero-order valence-electron chi connectivity index (χ0n) is 11.3. The van der Waals surface area contributed by atoms with Gasteiger partial charge in [-0.3, -0.25) is 0 Å². The number of morpholine rings is 1. The first-order valence-corrected chi connectivity index (χ1v) is 6.52. The molecule has 1 heterocycles. The molecule has 1 aliphatic heterocycles. The van der Waals surface area contributed by atoms with Gasteiger partial charge in [-0.05, 0) is 12.5 Å². The summed E-state index contributed by atoms with van der Waals surface area (Å²) in [5.41, 5.74) is 2.34. The van der Waals surface area contributed by atoms with E-state index in [4.69, 9.17) is 4.74 Å². The van der Waals surface area contributed by atoms with E-state index < -0.39 is 0 Å². The minimum Gasteiger partial charge on any atom is -0.370 e. The van der Waals surface area contributed by atoms with Gasteiger partial charge in [-0.15, -0.1) is 6.58 Å². The molecule has 0 spiro atoms. The molecule has 1 fully saturated rings. The number of carbonyl (C=O) groups is 1. The summed E-state index contributed by atoms with van der Waals surface area (Å²) >= 11 is 0. The molecule has 0 saturated carbocycles. The number of nitrogens with zero attached hydrogens (tertiary/aromatic N) is 1. The van der Waals surface area contributed by atoms with Crippen molar-refractivity contribution >= 4 is 6.03 Å². The first-order chi connectivity index (χ1) is 9.20. The van der Waals surface area contributed by atoms with Crippen molar-refractivity contribution in [3.63, 3.8) is 0 Å². The number of hydrogen-bond donors (Lipinski definition) is 1. The standard InChI is InChI=1S/C15H20N2O2/c1-3-8-16-15(18)17-9-10-19-14(11-17)13-6-4-12(2)5-7-13/h3-7,14H,1,8-11H2,2H3,(H,16,18). The average Bonchev–Trinajstić information content (AvgIpc) is 2.45. The fourth-order valence-electron chi connectivity index (χ4n) is 2.09. The number of urea groups is 1. The number of carbonyl (C=O) groups excluding carboxylic acids is 1. The van der Waals surface area contributed by atoms with Gasteiger partial charge < -0.3 is 15.0 Å². The number of ether oxygens (including phenoxy) is 1. The van der Waals surface area contributed by atoms with Crippen molar-refractivity contribution in [2.75, 3.05) is 26.2 Å². The SMILES string of the molecule is C=CCNC(=O)N1CCOC(c2ccc(C)cc2)C1. The molecule has 1 atom stereocenters. The first-order valence-electron chi connectivity index (χ1n) is 6.52. The Morgan fingerprint density at radius 2 is 2.26 bits per heavy atom. The van der Waals surface area contributed by atoms with Gasteiger partial charge in [0.2, 0.25) is 0 Å². The van der Waals surface area contributed by atoms with Gasteiger partial charge in [0.05, 0.1) is 13.2 Å². The molecule has 102 valence electrons. The highest BCUT2D eigenvalue weighted by molar-refractivity contribution is 5.74. The Morgan fingerprint density at radius 1 is 1.53 bits per heavy atom. The molecule has 0 aliphatic carbocycles. The monoisotopic (exact) mass is 260 g/mol. The maximum Gasteiger partial charge on any atom is 0.317 e. The van der Waals surface area contributed by atoms with Crippen LogP contribution in [-0.2, 0) is 4.74 Å². The van der Waals surface area contributed by atoms with Gasteiger partial charge in [-0.2, -0.15) is 0 Å². The number of rotatable bonds is 3. The van der Waals surface area contributed by atoms with Crippen LogP contribution in [0.3, 0.4) is 0 Å². The normalized spacial score (nSPS) is 19.0. The minimum absolute atomic E-state index is 0.0381. The van der Waals surface area contributed by atoms with Gasteiger partial charge in [0.25, 0.3) is 0 Å². The van der Waals surface area contributed by atoms with Crippen LogP contribution in [0.25, 0.3) is 0 Å². The Morgan fingerprint density at radius 3 is 2.95 bits per heavy atom. The van der Waals surface area contributed by atoms with Crippen LogP contribution in [-0.4, -0.2) is 37.2 Å². The van der Waals surface area contributed by atoms with E-state index >= 15 is 0 Å². The van der Waals surface area contributed by atoms with E-state index in [0.717, 1.165) is 5.56 Å². The van der Waals surface area contributed by atoms with Crippen molar-refractivity contribution in [2.45, 2.75) is 13.0 Å². The lowest BCUT2D eigenvalue weighted by atomic mass is 10.1. The Bertz CT molecular complexity index is 442. The fourth-order valence-corrected chi connectivity index (χ4v) is 2.09. The first kappa shape index (κ1) is 13.6. The van der Waals surface area contributed by atoms with E-state index in [0.29, 0.717) is 26.2 Å². The minimum atomic E-state index is -0.0553. The second kappa shape index (κ2) is 6.38. The fraction of sp³-hybridized carbons (Fsp3) is 0.400. The molecule has 4 heteroatoms. The van der Waals surface area contributed by atoms with Gasteiger partial charge in [0, 0.05) is 13.1 Å². The molecule has 2 amide bonds. The van der Waals surface area contributed by atoms with Crippen LogP contribution in [0.1, 0.15) is 17.2 Å². The molecule has 1 aromatic carbocycles. The summed E-state index contributed by atoms with van der Waals surface area (Å²) < 4.78 is 5.75. The van der Waals surface area contributed by atoms with Crippen LogP contribution in [0, 0.1) is 6.92 Å². The summed E-state index contributed by atoms with van der Waals surface area (Å²) in [6.45, 7) is 7.93. The number of amides is 2. The van der Waals surface area contributed by atoms with E-state index in [9.17, 15) is 4.79 Å². The van der Waals surface area contributed by atoms with E-state index in [2.05, 4.69) is 43.1 Å². The smallest absolute Gasteiger partial charge is 0.317 e. The third kappa shape index (κ3) is 3.58. The lowest BCUT2D eigenvalue weighted by molar-refractivity contribution is -0.0153. The number of hydrogen-bond acceptors (Lipinski definition) is 2. The van der Waals surface area contributed by atoms with E-state index in [1.807, 2.05) is 0 Å². The van der Waals surface area contributed by atoms with Crippen LogP contribution >= 0.6 is 0 Å². The van der Waals surface area contributed by atoms with Crippen molar-refractivity contribution in [3.05, 3.63) is 48.0 Å². The van der Waals surface area contributed by atoms with Gasteiger partial charge in [-0.25, -0.2) is 4.79 Å². The van der Waals surface area contributed by atoms with Crippen molar-refractivity contribution in [1.29, 1.82) is 0 Å².